The van der Waals surface area contributed by atoms with Crippen LogP contribution in [-0.4, -0.2) is 50.7 Å². The van der Waals surface area contributed by atoms with E-state index in [-0.39, 0.29) is 30.6 Å². The van der Waals surface area contributed by atoms with E-state index in [4.69, 9.17) is 0 Å². The Morgan fingerprint density at radius 1 is 1.14 bits per heavy atom. The fraction of sp³-hybridized carbons (Fsp3) is 0.308. The Morgan fingerprint density at radius 2 is 1.97 bits per heavy atom. The summed E-state index contributed by atoms with van der Waals surface area (Å²) < 4.78 is 1.87. The third-order valence-electron chi connectivity index (χ3n) is 6.63. The number of hydrogen-bond acceptors (Lipinski definition) is 5. The monoisotopic (exact) mass is 490 g/mol. The predicted molar refractivity (Wildman–Crippen MR) is 133 cm³/mol. The lowest BCUT2D eigenvalue weighted by Crippen LogP contribution is -2.53. The Balaban J connectivity index is 1.47. The maximum Gasteiger partial charge on any atom is 0.331 e. The van der Waals surface area contributed by atoms with Crippen LogP contribution in [0.2, 0.25) is 0 Å². The van der Waals surface area contributed by atoms with E-state index < -0.39 is 17.8 Å². The average Bonchev–Trinajstić information content (AvgIpc) is 3.48. The van der Waals surface area contributed by atoms with Crippen molar-refractivity contribution in [1.29, 1.82) is 0 Å². The van der Waals surface area contributed by atoms with Gasteiger partial charge in [0.05, 0.1) is 6.54 Å². The number of rotatable bonds is 5. The molecule has 1 N–H and O–H groups in total. The molecule has 2 aliphatic heterocycles. The van der Waals surface area contributed by atoms with Crippen molar-refractivity contribution < 1.29 is 19.2 Å². The van der Waals surface area contributed by atoms with Gasteiger partial charge in [-0.3, -0.25) is 24.6 Å². The molecule has 9 heteroatoms. The molecular formula is C26H26N4O4S. The van der Waals surface area contributed by atoms with Crippen LogP contribution in [0.3, 0.4) is 0 Å². The number of carbonyl (C=O) groups is 4. The zero-order valence-corrected chi connectivity index (χ0v) is 20.2. The highest BCUT2D eigenvalue weighted by atomic mass is 32.1. The molecule has 4 heterocycles. The highest BCUT2D eigenvalue weighted by Gasteiger charge is 2.36. The lowest BCUT2D eigenvalue weighted by molar-refractivity contribution is -0.135. The maximum atomic E-state index is 13.2. The first-order valence-corrected chi connectivity index (χ1v) is 12.6. The summed E-state index contributed by atoms with van der Waals surface area (Å²) in [6.45, 7) is 3.12. The van der Waals surface area contributed by atoms with Gasteiger partial charge in [0.15, 0.2) is 0 Å². The first-order valence-electron chi connectivity index (χ1n) is 11.7. The topological polar surface area (TPSA) is 91.7 Å². The second kappa shape index (κ2) is 9.50. The van der Waals surface area contributed by atoms with Gasteiger partial charge < -0.3 is 9.47 Å². The second-order valence-electron chi connectivity index (χ2n) is 8.95. The molecule has 1 aromatic carbocycles. The van der Waals surface area contributed by atoms with E-state index >= 15 is 0 Å². The number of benzene rings is 1. The molecule has 2 aromatic heterocycles. The molecule has 2 fully saturated rings. The number of nitrogens with zero attached hydrogens (tertiary/aromatic N) is 3. The van der Waals surface area contributed by atoms with E-state index in [1.165, 1.54) is 17.4 Å². The average molecular weight is 491 g/mol. The summed E-state index contributed by atoms with van der Waals surface area (Å²) in [5.41, 5.74) is 1.37. The van der Waals surface area contributed by atoms with Crippen LogP contribution in [0.25, 0.3) is 17.0 Å². The molecule has 5 rings (SSSR count). The number of imide groups is 2. The predicted octanol–water partition coefficient (Wildman–Crippen LogP) is 3.77. The SMILES string of the molecule is C[C@@H]1CCCCN1C(=O)Cn1cc(/C=C2/C(=O)NC(=O)N(Cc3cccs3)C2=O)c2ccccc21. The number of thiophene rings is 1. The van der Waals surface area contributed by atoms with Crippen molar-refractivity contribution in [2.45, 2.75) is 45.3 Å². The zero-order valence-electron chi connectivity index (χ0n) is 19.4. The number of fused-ring (bicyclic) bond motifs is 1. The minimum Gasteiger partial charge on any atom is -0.338 e. The summed E-state index contributed by atoms with van der Waals surface area (Å²) in [6.07, 6.45) is 6.46. The standard InChI is InChI=1S/C26H26N4O4S/c1-17-7-4-5-11-29(17)23(31)16-28-14-18(20-9-2-3-10-22(20)28)13-21-24(32)27-26(34)30(25(21)33)15-19-8-6-12-35-19/h2-3,6,8-10,12-14,17H,4-5,7,11,15-16H2,1H3,(H,27,32,34)/b21-13-/t17-/m1/s1. The van der Waals surface area contributed by atoms with Gasteiger partial charge in [-0.05, 0) is 49.8 Å². The molecule has 180 valence electrons. The molecule has 2 saturated heterocycles. The molecule has 0 radical (unpaired) electrons. The third kappa shape index (κ3) is 4.51. The Bertz CT molecular complexity index is 1340. The molecule has 8 nitrogen and oxygen atoms in total. The number of nitrogens with one attached hydrogen (secondary N) is 1. The van der Waals surface area contributed by atoms with E-state index in [0.29, 0.717) is 5.56 Å². The minimum atomic E-state index is -0.728. The van der Waals surface area contributed by atoms with Crippen molar-refractivity contribution >= 4 is 52.1 Å². The Hall–Kier alpha value is -3.72. The number of aromatic nitrogens is 1. The zero-order chi connectivity index (χ0) is 24.5. The molecule has 0 saturated carbocycles. The molecule has 35 heavy (non-hydrogen) atoms. The quantitative estimate of drug-likeness (QED) is 0.435. The minimum absolute atomic E-state index is 0.0522. The van der Waals surface area contributed by atoms with E-state index in [0.717, 1.165) is 46.5 Å². The number of amides is 5. The third-order valence-corrected chi connectivity index (χ3v) is 7.49. The maximum absolute atomic E-state index is 13.2. The van der Waals surface area contributed by atoms with E-state index in [1.54, 1.807) is 6.20 Å². The first-order chi connectivity index (χ1) is 16.9. The van der Waals surface area contributed by atoms with Gasteiger partial charge in [-0.2, -0.15) is 0 Å². The summed E-state index contributed by atoms with van der Waals surface area (Å²) >= 11 is 1.43. The molecule has 1 atom stereocenters. The van der Waals surface area contributed by atoms with Gasteiger partial charge in [0.2, 0.25) is 5.91 Å². The fourth-order valence-electron chi connectivity index (χ4n) is 4.78. The van der Waals surface area contributed by atoms with Crippen LogP contribution < -0.4 is 5.32 Å². The molecule has 0 bridgehead atoms. The summed E-state index contributed by atoms with van der Waals surface area (Å²) in [5.74, 6) is -1.31. The highest BCUT2D eigenvalue weighted by molar-refractivity contribution is 7.09. The first kappa shape index (κ1) is 23.0. The summed E-state index contributed by atoms with van der Waals surface area (Å²) in [4.78, 5) is 55.0. The number of barbiturate groups is 1. The fourth-order valence-corrected chi connectivity index (χ4v) is 5.47. The molecule has 3 aromatic rings. The molecule has 0 spiro atoms. The van der Waals surface area contributed by atoms with Crippen LogP contribution in [0.15, 0.2) is 53.5 Å². The second-order valence-corrected chi connectivity index (χ2v) is 9.98. The van der Waals surface area contributed by atoms with Gasteiger partial charge in [-0.15, -0.1) is 11.3 Å². The number of urea groups is 1. The molecular weight excluding hydrogens is 464 g/mol. The Kier molecular flexibility index (Phi) is 6.25. The van der Waals surface area contributed by atoms with Crippen LogP contribution in [0, 0.1) is 0 Å². The van der Waals surface area contributed by atoms with Crippen LogP contribution in [0.1, 0.15) is 36.6 Å². The van der Waals surface area contributed by atoms with Crippen LogP contribution in [-0.2, 0) is 27.5 Å². The number of hydrogen-bond donors (Lipinski definition) is 1. The van der Waals surface area contributed by atoms with Crippen LogP contribution >= 0.6 is 11.3 Å². The molecule has 2 aliphatic rings. The van der Waals surface area contributed by atoms with Crippen molar-refractivity contribution in [1.82, 2.24) is 19.7 Å². The van der Waals surface area contributed by atoms with Crippen molar-refractivity contribution in [3.8, 4) is 0 Å². The summed E-state index contributed by atoms with van der Waals surface area (Å²) in [5, 5.41) is 4.96. The van der Waals surface area contributed by atoms with Crippen molar-refractivity contribution in [2.75, 3.05) is 6.54 Å². The Labute approximate surface area is 206 Å². The number of piperidine rings is 1. The molecule has 5 amide bonds. The van der Waals surface area contributed by atoms with Gasteiger partial charge >= 0.3 is 6.03 Å². The molecule has 0 unspecified atom stereocenters. The van der Waals surface area contributed by atoms with Crippen LogP contribution in [0.5, 0.6) is 0 Å². The summed E-state index contributed by atoms with van der Waals surface area (Å²) in [7, 11) is 0. The van der Waals surface area contributed by atoms with Gasteiger partial charge in [0, 0.05) is 40.1 Å². The van der Waals surface area contributed by atoms with Gasteiger partial charge in [-0.1, -0.05) is 24.3 Å². The van der Waals surface area contributed by atoms with Gasteiger partial charge in [-0.25, -0.2) is 4.79 Å². The number of likely N-dealkylation sites (tertiary alicyclic amines) is 1. The highest BCUT2D eigenvalue weighted by Crippen LogP contribution is 2.26. The molecule has 0 aliphatic carbocycles. The van der Waals surface area contributed by atoms with E-state index in [1.807, 2.05) is 51.2 Å². The smallest absolute Gasteiger partial charge is 0.331 e. The van der Waals surface area contributed by atoms with E-state index in [9.17, 15) is 19.2 Å². The largest absolute Gasteiger partial charge is 0.338 e. The lowest BCUT2D eigenvalue weighted by atomic mass is 10.0. The Morgan fingerprint density at radius 3 is 2.74 bits per heavy atom. The summed E-state index contributed by atoms with van der Waals surface area (Å²) in [6, 6.07) is 10.7. The number of para-hydroxylation sites is 1. The normalized spacial score (nSPS) is 20.1. The van der Waals surface area contributed by atoms with Crippen molar-refractivity contribution in [3.63, 3.8) is 0 Å². The lowest BCUT2D eigenvalue weighted by Gasteiger charge is -2.33. The van der Waals surface area contributed by atoms with Crippen molar-refractivity contribution in [3.05, 3.63) is 64.0 Å². The van der Waals surface area contributed by atoms with Crippen LogP contribution in [0.4, 0.5) is 4.79 Å². The number of carbonyl (C=O) groups excluding carboxylic acids is 4. The van der Waals surface area contributed by atoms with Crippen molar-refractivity contribution in [2.24, 2.45) is 0 Å². The van der Waals surface area contributed by atoms with Gasteiger partial charge in [0.1, 0.15) is 12.1 Å². The van der Waals surface area contributed by atoms with E-state index in [2.05, 4.69) is 12.2 Å². The van der Waals surface area contributed by atoms with Gasteiger partial charge in [0.25, 0.3) is 11.8 Å².